The Morgan fingerprint density at radius 3 is 2.78 bits per heavy atom. The smallest absolute Gasteiger partial charge is 0.201 e. The normalized spacial score (nSPS) is 54.9. The predicted octanol–water partition coefficient (Wildman–Crippen LogP) is 2.84. The molecule has 0 unspecified atom stereocenters. The van der Waals surface area contributed by atoms with Crippen LogP contribution < -0.4 is 0 Å². The van der Waals surface area contributed by atoms with Crippen molar-refractivity contribution in [2.45, 2.75) is 70.4 Å². The summed E-state index contributed by atoms with van der Waals surface area (Å²) >= 11 is 0. The fourth-order valence-corrected chi connectivity index (χ4v) is 5.19. The van der Waals surface area contributed by atoms with E-state index in [1.807, 2.05) is 6.92 Å². The Morgan fingerprint density at radius 1 is 1.17 bits per heavy atom. The summed E-state index contributed by atoms with van der Waals surface area (Å²) < 4.78 is 18.2. The minimum Gasteiger partial charge on any atom is -0.340 e. The summed E-state index contributed by atoms with van der Waals surface area (Å²) in [7, 11) is 0. The molecule has 23 heavy (non-hydrogen) atoms. The molecule has 0 radical (unpaired) electrons. The fourth-order valence-electron chi connectivity index (χ4n) is 5.19. The number of rotatable bonds is 2. The van der Waals surface area contributed by atoms with E-state index in [0.717, 1.165) is 19.3 Å². The lowest BCUT2D eigenvalue weighted by molar-refractivity contribution is -0.577. The summed E-state index contributed by atoms with van der Waals surface area (Å²) in [6, 6.07) is 0. The van der Waals surface area contributed by atoms with Gasteiger partial charge in [-0.05, 0) is 38.0 Å². The molecule has 4 saturated heterocycles. The Bertz CT molecular complexity index is 516. The largest absolute Gasteiger partial charge is 0.340 e. The summed E-state index contributed by atoms with van der Waals surface area (Å²) in [6.07, 6.45) is 8.64. The molecule has 0 N–H and O–H groups in total. The molecule has 1 aliphatic carbocycles. The Hall–Kier alpha value is -0.640. The van der Waals surface area contributed by atoms with Gasteiger partial charge in [-0.3, -0.25) is 0 Å². The molecule has 5 heteroatoms. The van der Waals surface area contributed by atoms with E-state index in [4.69, 9.17) is 30.4 Å². The van der Waals surface area contributed by atoms with E-state index >= 15 is 0 Å². The monoisotopic (exact) mass is 322 g/mol. The van der Waals surface area contributed by atoms with Crippen molar-refractivity contribution in [1.82, 2.24) is 0 Å². The van der Waals surface area contributed by atoms with Gasteiger partial charge in [0.25, 0.3) is 0 Å². The zero-order valence-corrected chi connectivity index (χ0v) is 14.1. The summed E-state index contributed by atoms with van der Waals surface area (Å²) in [5.74, 6) is 3.20. The molecule has 4 heterocycles. The van der Waals surface area contributed by atoms with Crippen LogP contribution in [0.25, 0.3) is 0 Å². The lowest BCUT2D eigenvalue weighted by Gasteiger charge is -2.60. The highest BCUT2D eigenvalue weighted by atomic mass is 17.3. The van der Waals surface area contributed by atoms with Gasteiger partial charge < -0.3 is 14.2 Å². The number of hydrogen-bond donors (Lipinski definition) is 0. The third-order valence-corrected chi connectivity index (χ3v) is 6.43. The number of hydrogen-bond acceptors (Lipinski definition) is 5. The van der Waals surface area contributed by atoms with Crippen LogP contribution in [0.4, 0.5) is 0 Å². The van der Waals surface area contributed by atoms with E-state index in [2.05, 4.69) is 19.8 Å². The van der Waals surface area contributed by atoms with Gasteiger partial charge in [0.2, 0.25) is 5.79 Å². The summed E-state index contributed by atoms with van der Waals surface area (Å²) in [5.41, 5.74) is -0.525. The maximum atomic E-state index is 6.23. The summed E-state index contributed by atoms with van der Waals surface area (Å²) in [4.78, 5) is 11.8. The maximum Gasteiger partial charge on any atom is 0.201 e. The van der Waals surface area contributed by atoms with Crippen molar-refractivity contribution in [3.05, 3.63) is 0 Å². The van der Waals surface area contributed by atoms with E-state index in [0.29, 0.717) is 11.8 Å². The molecule has 5 nitrogen and oxygen atoms in total. The predicted molar refractivity (Wildman–Crippen MR) is 81.6 cm³/mol. The van der Waals surface area contributed by atoms with Gasteiger partial charge in [-0.1, -0.05) is 19.8 Å². The van der Waals surface area contributed by atoms with E-state index in [-0.39, 0.29) is 24.7 Å². The van der Waals surface area contributed by atoms with E-state index in [1.54, 1.807) is 0 Å². The molecule has 1 spiro atoms. The molecule has 2 bridgehead atoms. The first-order chi connectivity index (χ1) is 11.0. The van der Waals surface area contributed by atoms with Crippen molar-refractivity contribution in [2.24, 2.45) is 23.7 Å². The highest BCUT2D eigenvalue weighted by Gasteiger charge is 2.69. The summed E-state index contributed by atoms with van der Waals surface area (Å²) in [6.45, 7) is 6.64. The maximum absolute atomic E-state index is 6.23. The first kappa shape index (κ1) is 15.9. The SMILES string of the molecule is C#CCO[C@H]1O[C@@H]2O[C@@]3(C)CC[C@H]4[C@H](C)CC[C@@H]([C@H]1C)[C@@]24OO3. The third kappa shape index (κ3) is 2.20. The zero-order chi connectivity index (χ0) is 16.2. The quantitative estimate of drug-likeness (QED) is 0.578. The van der Waals surface area contributed by atoms with Gasteiger partial charge in [0, 0.05) is 18.3 Å². The summed E-state index contributed by atoms with van der Waals surface area (Å²) in [5, 5.41) is 0. The Morgan fingerprint density at radius 2 is 2.00 bits per heavy atom. The van der Waals surface area contributed by atoms with Gasteiger partial charge >= 0.3 is 0 Å². The molecular formula is C18H26O5. The van der Waals surface area contributed by atoms with Crippen LogP contribution in [0, 0.1) is 36.0 Å². The second-order valence-electron chi connectivity index (χ2n) is 7.79. The molecule has 0 aromatic carbocycles. The first-order valence-corrected chi connectivity index (χ1v) is 8.75. The van der Waals surface area contributed by atoms with Gasteiger partial charge in [0.05, 0.1) is 0 Å². The standard InChI is InChI=1S/C18H26O5/c1-5-10-19-15-12(3)14-7-6-11(2)13-8-9-17(4)21-16(20-15)18(13,14)23-22-17/h1,11-16H,6-10H2,2-4H3/t11-,12-,13+,14+,15+,16-,17-,18-/m1/s1. The van der Waals surface area contributed by atoms with Crippen molar-refractivity contribution in [3.8, 4) is 12.3 Å². The highest BCUT2D eigenvalue weighted by Crippen LogP contribution is 2.60. The Balaban J connectivity index is 1.72. The average molecular weight is 322 g/mol. The molecule has 1 saturated carbocycles. The van der Waals surface area contributed by atoms with Gasteiger partial charge in [0.1, 0.15) is 6.61 Å². The van der Waals surface area contributed by atoms with Crippen molar-refractivity contribution in [3.63, 3.8) is 0 Å². The van der Waals surface area contributed by atoms with Gasteiger partial charge in [-0.15, -0.1) is 6.42 Å². The van der Waals surface area contributed by atoms with Crippen LogP contribution in [0.3, 0.4) is 0 Å². The van der Waals surface area contributed by atoms with Crippen LogP contribution in [0.5, 0.6) is 0 Å². The lowest BCUT2D eigenvalue weighted by Crippen LogP contribution is -2.70. The van der Waals surface area contributed by atoms with Gasteiger partial charge in [0.15, 0.2) is 18.2 Å². The number of terminal acetylenes is 1. The molecule has 8 atom stereocenters. The lowest BCUT2D eigenvalue weighted by atomic mass is 9.58. The second-order valence-corrected chi connectivity index (χ2v) is 7.79. The van der Waals surface area contributed by atoms with Gasteiger partial charge in [-0.25, -0.2) is 9.78 Å². The average Bonchev–Trinajstić information content (AvgIpc) is 2.76. The number of ether oxygens (including phenoxy) is 3. The van der Waals surface area contributed by atoms with Crippen LogP contribution in [0.2, 0.25) is 0 Å². The van der Waals surface area contributed by atoms with E-state index < -0.39 is 17.7 Å². The van der Waals surface area contributed by atoms with Crippen LogP contribution in [0.15, 0.2) is 0 Å². The molecule has 5 fully saturated rings. The third-order valence-electron chi connectivity index (χ3n) is 6.43. The van der Waals surface area contributed by atoms with Crippen molar-refractivity contribution >= 4 is 0 Å². The minimum atomic E-state index is -0.741. The minimum absolute atomic E-state index is 0.184. The zero-order valence-electron chi connectivity index (χ0n) is 14.1. The number of fused-ring (bicyclic) bond motifs is 2. The van der Waals surface area contributed by atoms with Crippen LogP contribution in [0.1, 0.15) is 46.5 Å². The molecule has 0 amide bonds. The molecular weight excluding hydrogens is 296 g/mol. The van der Waals surface area contributed by atoms with Crippen LogP contribution in [-0.2, 0) is 24.0 Å². The van der Waals surface area contributed by atoms with Crippen molar-refractivity contribution in [1.29, 1.82) is 0 Å². The fraction of sp³-hybridized carbons (Fsp3) is 0.889. The van der Waals surface area contributed by atoms with Crippen LogP contribution >= 0.6 is 0 Å². The van der Waals surface area contributed by atoms with Gasteiger partial charge in [-0.2, -0.15) is 0 Å². The first-order valence-electron chi connectivity index (χ1n) is 8.75. The topological polar surface area (TPSA) is 46.2 Å². The molecule has 0 aromatic rings. The molecule has 5 rings (SSSR count). The van der Waals surface area contributed by atoms with E-state index in [1.165, 1.54) is 6.42 Å². The van der Waals surface area contributed by atoms with E-state index in [9.17, 15) is 0 Å². The molecule has 128 valence electrons. The molecule has 5 aliphatic rings. The van der Waals surface area contributed by atoms with Crippen molar-refractivity contribution in [2.75, 3.05) is 6.61 Å². The van der Waals surface area contributed by atoms with Crippen molar-refractivity contribution < 1.29 is 24.0 Å². The van der Waals surface area contributed by atoms with Crippen LogP contribution in [-0.4, -0.2) is 30.6 Å². The highest BCUT2D eigenvalue weighted by molar-refractivity contribution is 5.09. The Kier molecular flexibility index (Phi) is 3.75. The molecule has 4 aliphatic heterocycles. The molecule has 0 aromatic heterocycles. The Labute approximate surface area is 137 Å². The second kappa shape index (κ2) is 5.44.